The summed E-state index contributed by atoms with van der Waals surface area (Å²) >= 11 is 5.16. The minimum atomic E-state index is -1.30. The Bertz CT molecular complexity index is 649. The van der Waals surface area contributed by atoms with Gasteiger partial charge in [0, 0.05) is 25.3 Å². The van der Waals surface area contributed by atoms with Crippen LogP contribution in [0.25, 0.3) is 0 Å². The van der Waals surface area contributed by atoms with Crippen molar-refractivity contribution in [1.82, 2.24) is 9.55 Å². The lowest BCUT2D eigenvalue weighted by molar-refractivity contribution is -0.141. The van der Waals surface area contributed by atoms with Crippen LogP contribution in [0.2, 0.25) is 0 Å². The zero-order valence-corrected chi connectivity index (χ0v) is 14.1. The molecular weight excluding hydrogens is 312 g/mol. The molecule has 1 aromatic rings. The molecule has 118 valence electrons. The van der Waals surface area contributed by atoms with Gasteiger partial charge in [0.2, 0.25) is 0 Å². The lowest BCUT2D eigenvalue weighted by Crippen LogP contribution is -2.23. The number of hydrogen-bond acceptors (Lipinski definition) is 5. The van der Waals surface area contributed by atoms with E-state index in [1.807, 2.05) is 6.92 Å². The normalized spacial score (nSPS) is 12.1. The molecule has 0 fully saturated rings. The Morgan fingerprint density at radius 2 is 2.10 bits per heavy atom. The molecule has 1 rings (SSSR count). The van der Waals surface area contributed by atoms with Gasteiger partial charge in [-0.05, 0) is 31.5 Å². The van der Waals surface area contributed by atoms with E-state index in [0.717, 1.165) is 0 Å². The van der Waals surface area contributed by atoms with Crippen LogP contribution in [0.5, 0.6) is 0 Å². The van der Waals surface area contributed by atoms with Gasteiger partial charge in [0.15, 0.2) is 4.77 Å². The van der Waals surface area contributed by atoms with E-state index in [0.29, 0.717) is 43.0 Å². The number of H-pyrrole nitrogens is 1. The van der Waals surface area contributed by atoms with Crippen molar-refractivity contribution in [3.8, 4) is 0 Å². The number of rotatable bonds is 7. The average Bonchev–Trinajstić information content (AvgIpc) is 2.39. The van der Waals surface area contributed by atoms with E-state index in [-0.39, 0.29) is 16.3 Å². The first-order valence-corrected chi connectivity index (χ1v) is 8.67. The lowest BCUT2D eigenvalue weighted by Gasteiger charge is -2.14. The SMILES string of the molecule is CCc1c(S(C)=O)n(CCCCOC(C)=O)c(=S)[nH]c1=O. The predicted molar refractivity (Wildman–Crippen MR) is 83.5 cm³/mol. The van der Waals surface area contributed by atoms with E-state index in [4.69, 9.17) is 17.0 Å². The van der Waals surface area contributed by atoms with Crippen molar-refractivity contribution in [2.45, 2.75) is 44.7 Å². The number of carbonyl (C=O) groups is 1. The van der Waals surface area contributed by atoms with E-state index >= 15 is 0 Å². The maximum Gasteiger partial charge on any atom is 0.302 e. The third-order valence-corrected chi connectivity index (χ3v) is 4.28. The molecule has 0 aliphatic carbocycles. The number of nitrogens with one attached hydrogen (secondary N) is 1. The first-order valence-electron chi connectivity index (χ1n) is 6.71. The van der Waals surface area contributed by atoms with Crippen LogP contribution in [0.1, 0.15) is 32.3 Å². The first-order chi connectivity index (χ1) is 9.88. The summed E-state index contributed by atoms with van der Waals surface area (Å²) in [7, 11) is -1.30. The smallest absolute Gasteiger partial charge is 0.302 e. The molecule has 21 heavy (non-hydrogen) atoms. The summed E-state index contributed by atoms with van der Waals surface area (Å²) in [6.07, 6.45) is 3.42. The molecule has 0 aromatic carbocycles. The summed E-state index contributed by atoms with van der Waals surface area (Å²) < 4.78 is 18.8. The van der Waals surface area contributed by atoms with Crippen molar-refractivity contribution in [1.29, 1.82) is 0 Å². The van der Waals surface area contributed by atoms with Crippen LogP contribution in [0.15, 0.2) is 9.82 Å². The minimum absolute atomic E-state index is 0.273. The molecular formula is C13H20N2O4S2. The number of ether oxygens (including phenoxy) is 1. The van der Waals surface area contributed by atoms with Gasteiger partial charge in [-0.3, -0.25) is 18.8 Å². The first kappa shape index (κ1) is 17.8. The Morgan fingerprint density at radius 3 is 2.62 bits per heavy atom. The molecule has 0 aliphatic heterocycles. The van der Waals surface area contributed by atoms with Crippen molar-refractivity contribution in [2.75, 3.05) is 12.9 Å². The monoisotopic (exact) mass is 332 g/mol. The number of aromatic nitrogens is 2. The molecule has 0 bridgehead atoms. The van der Waals surface area contributed by atoms with Crippen LogP contribution in [0.4, 0.5) is 0 Å². The average molecular weight is 332 g/mol. The van der Waals surface area contributed by atoms with Gasteiger partial charge in [-0.2, -0.15) is 0 Å². The summed E-state index contributed by atoms with van der Waals surface area (Å²) in [6.45, 7) is 4.08. The maximum absolute atomic E-state index is 12.0. The van der Waals surface area contributed by atoms with Gasteiger partial charge >= 0.3 is 5.97 Å². The van der Waals surface area contributed by atoms with Gasteiger partial charge in [-0.1, -0.05) is 6.92 Å². The van der Waals surface area contributed by atoms with Crippen molar-refractivity contribution in [2.24, 2.45) is 0 Å². The highest BCUT2D eigenvalue weighted by Gasteiger charge is 2.15. The Kier molecular flexibility index (Phi) is 6.97. The van der Waals surface area contributed by atoms with Crippen LogP contribution < -0.4 is 5.56 Å². The summed E-state index contributed by atoms with van der Waals surface area (Å²) in [5.74, 6) is -0.306. The van der Waals surface area contributed by atoms with E-state index < -0.39 is 10.8 Å². The number of esters is 1. The summed E-state index contributed by atoms with van der Waals surface area (Å²) in [5, 5.41) is 0.485. The van der Waals surface area contributed by atoms with Crippen molar-refractivity contribution in [3.05, 3.63) is 20.7 Å². The van der Waals surface area contributed by atoms with Gasteiger partial charge < -0.3 is 9.30 Å². The van der Waals surface area contributed by atoms with E-state index in [2.05, 4.69) is 4.98 Å². The Balaban J connectivity index is 2.96. The minimum Gasteiger partial charge on any atom is -0.466 e. The molecule has 0 aliphatic rings. The fourth-order valence-electron chi connectivity index (χ4n) is 2.02. The molecule has 1 heterocycles. The molecule has 0 saturated carbocycles. The standard InChI is InChI=1S/C13H20N2O4S2/c1-4-10-11(17)14-13(20)15(12(10)21(3)18)7-5-6-8-19-9(2)16/h4-8H2,1-3H3,(H,14,17,20). The fourth-order valence-corrected chi connectivity index (χ4v) is 3.43. The molecule has 0 saturated heterocycles. The third-order valence-electron chi connectivity index (χ3n) is 2.95. The molecule has 1 N–H and O–H groups in total. The highest BCUT2D eigenvalue weighted by molar-refractivity contribution is 7.84. The van der Waals surface area contributed by atoms with Crippen LogP contribution >= 0.6 is 12.2 Å². The Labute approximate surface area is 131 Å². The molecule has 1 unspecified atom stereocenters. The quantitative estimate of drug-likeness (QED) is 0.355. The second-order valence-corrected chi connectivity index (χ2v) is 6.23. The van der Waals surface area contributed by atoms with Crippen molar-refractivity contribution < 1.29 is 13.7 Å². The van der Waals surface area contributed by atoms with E-state index in [1.54, 1.807) is 4.57 Å². The third kappa shape index (κ3) is 4.89. The van der Waals surface area contributed by atoms with Crippen molar-refractivity contribution in [3.63, 3.8) is 0 Å². The molecule has 1 aromatic heterocycles. The lowest BCUT2D eigenvalue weighted by atomic mass is 10.2. The zero-order valence-electron chi connectivity index (χ0n) is 12.4. The summed E-state index contributed by atoms with van der Waals surface area (Å²) in [6, 6.07) is 0. The number of carbonyl (C=O) groups excluding carboxylic acids is 1. The molecule has 0 spiro atoms. The molecule has 0 amide bonds. The van der Waals surface area contributed by atoms with Crippen LogP contribution in [-0.2, 0) is 33.3 Å². The topological polar surface area (TPSA) is 81.2 Å². The highest BCUT2D eigenvalue weighted by atomic mass is 32.2. The number of hydrogen-bond donors (Lipinski definition) is 1. The molecule has 8 heteroatoms. The molecule has 0 radical (unpaired) electrons. The highest BCUT2D eigenvalue weighted by Crippen LogP contribution is 2.12. The van der Waals surface area contributed by atoms with Gasteiger partial charge in [-0.25, -0.2) is 0 Å². The summed E-state index contributed by atoms with van der Waals surface area (Å²) in [5.41, 5.74) is 0.230. The summed E-state index contributed by atoms with van der Waals surface area (Å²) in [4.78, 5) is 25.2. The maximum atomic E-state index is 12.0. The largest absolute Gasteiger partial charge is 0.466 e. The predicted octanol–water partition coefficient (Wildman–Crippen LogP) is 1.55. The zero-order chi connectivity index (χ0) is 16.0. The second-order valence-electron chi connectivity index (χ2n) is 4.55. The fraction of sp³-hybridized carbons (Fsp3) is 0.615. The van der Waals surface area contributed by atoms with Gasteiger partial charge in [0.1, 0.15) is 5.03 Å². The van der Waals surface area contributed by atoms with E-state index in [9.17, 15) is 13.8 Å². The number of nitrogens with zero attached hydrogens (tertiary/aromatic N) is 1. The van der Waals surface area contributed by atoms with Crippen molar-refractivity contribution >= 4 is 29.0 Å². The molecule has 6 nitrogen and oxygen atoms in total. The van der Waals surface area contributed by atoms with Crippen LogP contribution in [0.3, 0.4) is 0 Å². The van der Waals surface area contributed by atoms with E-state index in [1.165, 1.54) is 13.2 Å². The van der Waals surface area contributed by atoms with Crippen LogP contribution in [0, 0.1) is 4.77 Å². The van der Waals surface area contributed by atoms with Gasteiger partial charge in [-0.15, -0.1) is 0 Å². The number of aromatic amines is 1. The Hall–Kier alpha value is -1.28. The Morgan fingerprint density at radius 1 is 1.43 bits per heavy atom. The van der Waals surface area contributed by atoms with Gasteiger partial charge in [0.05, 0.1) is 17.4 Å². The van der Waals surface area contributed by atoms with Gasteiger partial charge in [0.25, 0.3) is 5.56 Å². The van der Waals surface area contributed by atoms with Crippen LogP contribution in [-0.4, -0.2) is 32.6 Å². The second kappa shape index (κ2) is 8.23. The number of unbranched alkanes of at least 4 members (excludes halogenated alkanes) is 1. The molecule has 1 atom stereocenters.